The van der Waals surface area contributed by atoms with Gasteiger partial charge in [0.1, 0.15) is 0 Å². The summed E-state index contributed by atoms with van der Waals surface area (Å²) in [6.45, 7) is 3.73. The van der Waals surface area contributed by atoms with E-state index in [0.29, 0.717) is 11.6 Å². The van der Waals surface area contributed by atoms with Gasteiger partial charge in [-0.15, -0.1) is 0 Å². The van der Waals surface area contributed by atoms with Crippen LogP contribution in [-0.4, -0.2) is 66.2 Å². The molecule has 1 fully saturated rings. The number of hydrogen-bond acceptors (Lipinski definition) is 8. The second-order valence-corrected chi connectivity index (χ2v) is 14.4. The number of halogens is 1. The van der Waals surface area contributed by atoms with Gasteiger partial charge >= 0.3 is 13.7 Å². The topological polar surface area (TPSA) is 144 Å². The number of nitrogens with zero attached hydrogens (tertiary/aromatic N) is 1. The van der Waals surface area contributed by atoms with Crippen LogP contribution >= 0.6 is 19.2 Å². The molecule has 3 atom stereocenters. The van der Waals surface area contributed by atoms with E-state index in [4.69, 9.17) is 25.4 Å². The highest BCUT2D eigenvalue weighted by molar-refractivity contribution is 7.54. The van der Waals surface area contributed by atoms with Crippen LogP contribution in [-0.2, 0) is 41.0 Å². The molecule has 3 N–H and O–H groups in total. The first-order chi connectivity index (χ1) is 22.5. The monoisotopic (exact) mass is 693 g/mol. The molecule has 0 heterocycles. The van der Waals surface area contributed by atoms with Gasteiger partial charge < -0.3 is 34.4 Å². The van der Waals surface area contributed by atoms with Crippen molar-refractivity contribution in [2.75, 3.05) is 20.3 Å². The summed E-state index contributed by atoms with van der Waals surface area (Å²) in [4.78, 5) is 41.4. The fourth-order valence-electron chi connectivity index (χ4n) is 5.68. The highest BCUT2D eigenvalue weighted by Gasteiger charge is 2.42. The average Bonchev–Trinajstić information content (AvgIpc) is 3.06. The number of amides is 3. The van der Waals surface area contributed by atoms with Gasteiger partial charge in [-0.2, -0.15) is 0 Å². The summed E-state index contributed by atoms with van der Waals surface area (Å²) < 4.78 is 30.1. The molecule has 1 aliphatic carbocycles. The number of alkyl carbamates (subject to hydrolysis) is 1. The predicted octanol–water partition coefficient (Wildman–Crippen LogP) is 6.41. The van der Waals surface area contributed by atoms with Crippen molar-refractivity contribution >= 4 is 37.1 Å². The number of ether oxygens (including phenoxy) is 1. The van der Waals surface area contributed by atoms with Crippen molar-refractivity contribution in [1.29, 1.82) is 0 Å². The molecule has 260 valence electrons. The van der Waals surface area contributed by atoms with Crippen molar-refractivity contribution in [3.63, 3.8) is 0 Å². The Hall–Kier alpha value is -2.95. The van der Waals surface area contributed by atoms with Crippen molar-refractivity contribution in [2.24, 2.45) is 5.92 Å². The number of rotatable bonds is 18. The molecule has 0 spiro atoms. The van der Waals surface area contributed by atoms with Crippen LogP contribution in [0.25, 0.3) is 0 Å². The smallest absolute Gasteiger partial charge is 0.408 e. The van der Waals surface area contributed by atoms with Crippen LogP contribution in [0.15, 0.2) is 54.6 Å². The maximum Gasteiger partial charge on any atom is 0.408 e. The van der Waals surface area contributed by atoms with Crippen molar-refractivity contribution < 1.29 is 37.8 Å². The average molecular weight is 694 g/mol. The lowest BCUT2D eigenvalue weighted by molar-refractivity contribution is -0.133. The van der Waals surface area contributed by atoms with Gasteiger partial charge in [-0.05, 0) is 55.9 Å². The van der Waals surface area contributed by atoms with Gasteiger partial charge in [0.25, 0.3) is 5.91 Å². The second kappa shape index (κ2) is 19.8. The third-order valence-corrected chi connectivity index (χ3v) is 10.6. The summed E-state index contributed by atoms with van der Waals surface area (Å²) in [5, 5.41) is 17.3. The van der Waals surface area contributed by atoms with E-state index in [0.717, 1.165) is 43.2 Å². The van der Waals surface area contributed by atoms with Crippen LogP contribution in [0, 0.1) is 5.92 Å². The van der Waals surface area contributed by atoms with E-state index in [1.54, 1.807) is 50.1 Å². The normalized spacial score (nSPS) is 15.7. The van der Waals surface area contributed by atoms with Crippen molar-refractivity contribution in [2.45, 2.75) is 96.3 Å². The molecule has 0 aromatic heterocycles. The molecule has 3 rings (SSSR count). The van der Waals surface area contributed by atoms with E-state index in [1.165, 1.54) is 0 Å². The summed E-state index contributed by atoms with van der Waals surface area (Å²) in [5.41, 5.74) is 1.71. The number of hydrogen-bond donors (Lipinski definition) is 3. The number of benzene rings is 2. The molecule has 0 aliphatic heterocycles. The zero-order valence-corrected chi connectivity index (χ0v) is 29.2. The van der Waals surface area contributed by atoms with E-state index in [2.05, 4.69) is 10.6 Å². The molecule has 2 aromatic carbocycles. The number of aliphatic hydroxyl groups is 1. The minimum atomic E-state index is -4.12. The van der Waals surface area contributed by atoms with E-state index in [9.17, 15) is 24.1 Å². The van der Waals surface area contributed by atoms with E-state index in [1.807, 2.05) is 30.3 Å². The van der Waals surface area contributed by atoms with Crippen molar-refractivity contribution in [1.82, 2.24) is 15.5 Å². The first-order valence-corrected chi connectivity index (χ1v) is 18.4. The zero-order valence-electron chi connectivity index (χ0n) is 27.6. The minimum Gasteiger partial charge on any atom is -0.436 e. The number of carbonyl (C=O) groups excluding carboxylic acids is 3. The second-order valence-electron chi connectivity index (χ2n) is 11.8. The maximum atomic E-state index is 13.8. The lowest BCUT2D eigenvalue weighted by atomic mass is 9.85. The minimum absolute atomic E-state index is 0.00599. The highest BCUT2D eigenvalue weighted by Crippen LogP contribution is 2.53. The summed E-state index contributed by atoms with van der Waals surface area (Å²) in [6.07, 6.45) is 3.12. The summed E-state index contributed by atoms with van der Waals surface area (Å²) in [6, 6.07) is 15.3. The molecule has 11 nitrogen and oxygen atoms in total. The Bertz CT molecular complexity index is 1320. The Morgan fingerprint density at radius 3 is 2.30 bits per heavy atom. The van der Waals surface area contributed by atoms with Gasteiger partial charge in [-0.3, -0.25) is 14.2 Å². The van der Waals surface area contributed by atoms with Crippen LogP contribution in [0.3, 0.4) is 0 Å². The SMILES string of the molecule is CCOP(=O)(OCC)C(O)[C@H](CCC(=O)N(C)Cc1ccccc1)NC(=O)[C@H](CC1CCCCC1)OC(=O)NCc1cccc(Cl)c1. The van der Waals surface area contributed by atoms with Crippen LogP contribution in [0.4, 0.5) is 4.79 Å². The van der Waals surface area contributed by atoms with Gasteiger partial charge in [0.05, 0.1) is 19.3 Å². The molecule has 13 heteroatoms. The number of aliphatic hydroxyl groups excluding tert-OH is 1. The van der Waals surface area contributed by atoms with E-state index >= 15 is 0 Å². The summed E-state index contributed by atoms with van der Waals surface area (Å²) in [5.74, 6) is -2.51. The number of nitrogens with one attached hydrogen (secondary N) is 2. The van der Waals surface area contributed by atoms with Crippen LogP contribution in [0.2, 0.25) is 5.02 Å². The third-order valence-electron chi connectivity index (χ3n) is 8.13. The van der Waals surface area contributed by atoms with E-state index < -0.39 is 37.6 Å². The molecule has 47 heavy (non-hydrogen) atoms. The first-order valence-electron chi connectivity index (χ1n) is 16.4. The Morgan fingerprint density at radius 1 is 1.00 bits per heavy atom. The Balaban J connectivity index is 1.77. The molecule has 2 aromatic rings. The molecule has 0 radical (unpaired) electrons. The molecular weight excluding hydrogens is 645 g/mol. The van der Waals surface area contributed by atoms with Crippen molar-refractivity contribution in [3.8, 4) is 0 Å². The Labute approximate surface area is 283 Å². The molecule has 0 saturated heterocycles. The third kappa shape index (κ3) is 12.9. The lowest BCUT2D eigenvalue weighted by Crippen LogP contribution is -2.50. The fraction of sp³-hybridized carbons (Fsp3) is 0.559. The van der Waals surface area contributed by atoms with Crippen molar-refractivity contribution in [3.05, 3.63) is 70.7 Å². The lowest BCUT2D eigenvalue weighted by Gasteiger charge is -2.31. The molecular formula is C34H49ClN3O8P. The van der Waals surface area contributed by atoms with Crippen LogP contribution in [0.1, 0.15) is 76.3 Å². The standard InChI is InChI=1S/C34H49ClN3O8P/c1-4-44-47(43,45-5-2)33(41)29(19-20-31(39)38(3)24-26-15-10-7-11-16-26)37-32(40)30(22-25-13-8-6-9-14-25)46-34(42)36-23-27-17-12-18-28(35)21-27/h7,10-12,15-18,21,25,29-30,33,41H,4-6,8-9,13-14,19-20,22-24H2,1-3H3,(H,36,42)(H,37,40)/t29-,30-,33?/m0/s1. The summed E-state index contributed by atoms with van der Waals surface area (Å²) >= 11 is 6.06. The van der Waals surface area contributed by atoms with Gasteiger partial charge in [-0.1, -0.05) is 86.2 Å². The molecule has 3 amide bonds. The zero-order chi connectivity index (χ0) is 34.2. The van der Waals surface area contributed by atoms with Gasteiger partial charge in [0, 0.05) is 31.6 Å². The van der Waals surface area contributed by atoms with Crippen LogP contribution < -0.4 is 10.6 Å². The van der Waals surface area contributed by atoms with Gasteiger partial charge in [-0.25, -0.2) is 4.79 Å². The van der Waals surface area contributed by atoms with Crippen LogP contribution in [0.5, 0.6) is 0 Å². The Kier molecular flexibility index (Phi) is 16.2. The van der Waals surface area contributed by atoms with Gasteiger partial charge in [0.2, 0.25) is 5.91 Å². The fourth-order valence-corrected chi connectivity index (χ4v) is 7.66. The summed E-state index contributed by atoms with van der Waals surface area (Å²) in [7, 11) is -2.45. The van der Waals surface area contributed by atoms with E-state index in [-0.39, 0.29) is 50.8 Å². The maximum absolute atomic E-state index is 13.8. The highest BCUT2D eigenvalue weighted by atomic mass is 35.5. The van der Waals surface area contributed by atoms with Gasteiger partial charge in [0.15, 0.2) is 11.9 Å². The molecule has 1 saturated carbocycles. The molecule has 1 unspecified atom stereocenters. The first kappa shape index (κ1) is 38.5. The largest absolute Gasteiger partial charge is 0.436 e. The number of carbonyl (C=O) groups is 3. The molecule has 0 bridgehead atoms. The molecule has 1 aliphatic rings. The quantitative estimate of drug-likeness (QED) is 0.152. The predicted molar refractivity (Wildman–Crippen MR) is 181 cm³/mol. The Morgan fingerprint density at radius 2 is 1.66 bits per heavy atom.